The van der Waals surface area contributed by atoms with Crippen LogP contribution in [0.25, 0.3) is 0 Å². The Bertz CT molecular complexity index is 514. The number of nitriles is 1. The van der Waals surface area contributed by atoms with Crippen LogP contribution in [-0.4, -0.2) is 28.5 Å². The van der Waals surface area contributed by atoms with Gasteiger partial charge in [-0.3, -0.25) is 4.79 Å². The number of carbonyl (C=O) groups excluding carboxylic acids is 1. The minimum Gasteiger partial charge on any atom is -0.478 e. The molecule has 1 aromatic carbocycles. The Labute approximate surface area is 116 Å². The third kappa shape index (κ3) is 4.39. The lowest BCUT2D eigenvalue weighted by Crippen LogP contribution is -2.16. The lowest BCUT2D eigenvalue weighted by molar-refractivity contribution is -0.113. The summed E-state index contributed by atoms with van der Waals surface area (Å²) in [5.41, 5.74) is 0.260. The van der Waals surface area contributed by atoms with Gasteiger partial charge in [0.1, 0.15) is 0 Å². The van der Waals surface area contributed by atoms with Gasteiger partial charge in [-0.25, -0.2) is 4.79 Å². The first-order valence-electron chi connectivity index (χ1n) is 4.82. The Kier molecular flexibility index (Phi) is 5.68. The van der Waals surface area contributed by atoms with Gasteiger partial charge in [0.15, 0.2) is 0 Å². The SMILES string of the molecule is N#CCSCC(=O)Nc1ccc(Br)cc1C(=O)O. The number of amides is 1. The Morgan fingerprint density at radius 3 is 2.83 bits per heavy atom. The van der Waals surface area contributed by atoms with E-state index in [-0.39, 0.29) is 28.7 Å². The Balaban J connectivity index is 2.75. The number of anilines is 1. The first kappa shape index (κ1) is 14.5. The molecule has 5 nitrogen and oxygen atoms in total. The summed E-state index contributed by atoms with van der Waals surface area (Å²) < 4.78 is 0.622. The van der Waals surface area contributed by atoms with Crippen LogP contribution in [0.1, 0.15) is 10.4 Å². The van der Waals surface area contributed by atoms with Gasteiger partial charge in [0.05, 0.1) is 28.8 Å². The molecular formula is C11H9BrN2O3S. The summed E-state index contributed by atoms with van der Waals surface area (Å²) in [5, 5.41) is 19.8. The highest BCUT2D eigenvalue weighted by molar-refractivity contribution is 9.10. The number of hydrogen-bond donors (Lipinski definition) is 2. The number of thioether (sulfide) groups is 1. The van der Waals surface area contributed by atoms with Gasteiger partial charge in [-0.1, -0.05) is 15.9 Å². The molecule has 0 bridgehead atoms. The summed E-state index contributed by atoms with van der Waals surface area (Å²) in [6, 6.07) is 6.48. The Morgan fingerprint density at radius 2 is 2.22 bits per heavy atom. The summed E-state index contributed by atoms with van der Waals surface area (Å²) in [6.07, 6.45) is 0. The fourth-order valence-corrected chi connectivity index (χ4v) is 1.99. The molecule has 0 unspecified atom stereocenters. The van der Waals surface area contributed by atoms with E-state index in [9.17, 15) is 9.59 Å². The maximum Gasteiger partial charge on any atom is 0.337 e. The maximum absolute atomic E-state index is 11.5. The van der Waals surface area contributed by atoms with E-state index in [1.54, 1.807) is 6.07 Å². The van der Waals surface area contributed by atoms with Crippen molar-refractivity contribution in [3.05, 3.63) is 28.2 Å². The third-order valence-corrected chi connectivity index (χ3v) is 3.18. The molecule has 0 aliphatic heterocycles. The van der Waals surface area contributed by atoms with Gasteiger partial charge in [0.25, 0.3) is 0 Å². The highest BCUT2D eigenvalue weighted by Crippen LogP contribution is 2.21. The molecule has 7 heteroatoms. The lowest BCUT2D eigenvalue weighted by Gasteiger charge is -2.08. The Morgan fingerprint density at radius 1 is 1.50 bits per heavy atom. The molecule has 0 radical (unpaired) electrons. The zero-order chi connectivity index (χ0) is 13.5. The highest BCUT2D eigenvalue weighted by atomic mass is 79.9. The van der Waals surface area contributed by atoms with Gasteiger partial charge >= 0.3 is 5.97 Å². The zero-order valence-electron chi connectivity index (χ0n) is 9.14. The molecule has 0 aliphatic carbocycles. The predicted molar refractivity (Wildman–Crippen MR) is 72.7 cm³/mol. The molecule has 1 amide bonds. The monoisotopic (exact) mass is 328 g/mol. The number of nitrogens with zero attached hydrogens (tertiary/aromatic N) is 1. The molecule has 0 saturated heterocycles. The number of halogens is 1. The van der Waals surface area contributed by atoms with Crippen LogP contribution in [0.5, 0.6) is 0 Å². The van der Waals surface area contributed by atoms with E-state index < -0.39 is 5.97 Å². The van der Waals surface area contributed by atoms with Crippen LogP contribution in [0.15, 0.2) is 22.7 Å². The average molecular weight is 329 g/mol. The van der Waals surface area contributed by atoms with Gasteiger partial charge in [0, 0.05) is 4.47 Å². The second-order valence-electron chi connectivity index (χ2n) is 3.19. The summed E-state index contributed by atoms with van der Waals surface area (Å²) >= 11 is 4.33. The number of aromatic carboxylic acids is 1. The number of carbonyl (C=O) groups is 2. The van der Waals surface area contributed by atoms with E-state index >= 15 is 0 Å². The van der Waals surface area contributed by atoms with Crippen LogP contribution in [0.3, 0.4) is 0 Å². The fourth-order valence-electron chi connectivity index (χ4n) is 1.18. The van der Waals surface area contributed by atoms with E-state index in [1.807, 2.05) is 6.07 Å². The smallest absolute Gasteiger partial charge is 0.337 e. The van der Waals surface area contributed by atoms with Crippen LogP contribution in [0.4, 0.5) is 5.69 Å². The van der Waals surface area contributed by atoms with E-state index in [4.69, 9.17) is 10.4 Å². The number of carboxylic acids is 1. The van der Waals surface area contributed by atoms with Gasteiger partial charge in [-0.2, -0.15) is 5.26 Å². The van der Waals surface area contributed by atoms with Crippen LogP contribution >= 0.6 is 27.7 Å². The van der Waals surface area contributed by atoms with Crippen molar-refractivity contribution >= 4 is 45.3 Å². The van der Waals surface area contributed by atoms with Gasteiger partial charge < -0.3 is 10.4 Å². The third-order valence-electron chi connectivity index (χ3n) is 1.89. The van der Waals surface area contributed by atoms with Gasteiger partial charge in [0.2, 0.25) is 5.91 Å². The average Bonchev–Trinajstić information content (AvgIpc) is 2.31. The molecule has 0 atom stereocenters. The predicted octanol–water partition coefficient (Wildman–Crippen LogP) is 2.34. The number of carboxylic acid groups (broad SMARTS) is 1. The quantitative estimate of drug-likeness (QED) is 0.809. The van der Waals surface area contributed by atoms with Crippen LogP contribution in [0.2, 0.25) is 0 Å². The molecular weight excluding hydrogens is 320 g/mol. The van der Waals surface area contributed by atoms with Crippen molar-refractivity contribution in [1.29, 1.82) is 5.26 Å². The van der Waals surface area contributed by atoms with Crippen molar-refractivity contribution in [2.45, 2.75) is 0 Å². The van der Waals surface area contributed by atoms with Crippen molar-refractivity contribution in [1.82, 2.24) is 0 Å². The number of nitrogens with one attached hydrogen (secondary N) is 1. The molecule has 0 heterocycles. The van der Waals surface area contributed by atoms with E-state index in [1.165, 1.54) is 23.9 Å². The number of hydrogen-bond acceptors (Lipinski definition) is 4. The van der Waals surface area contributed by atoms with Gasteiger partial charge in [-0.05, 0) is 18.2 Å². The van der Waals surface area contributed by atoms with Crippen molar-refractivity contribution in [2.24, 2.45) is 0 Å². The molecule has 2 N–H and O–H groups in total. The standard InChI is InChI=1S/C11H9BrN2O3S/c12-7-1-2-9(8(5-7)11(16)17)14-10(15)6-18-4-3-13/h1-2,5H,4,6H2,(H,14,15)(H,16,17). The maximum atomic E-state index is 11.5. The summed E-state index contributed by atoms with van der Waals surface area (Å²) in [5.74, 6) is -1.11. The fraction of sp³-hybridized carbons (Fsp3) is 0.182. The second kappa shape index (κ2) is 7.03. The summed E-state index contributed by atoms with van der Waals surface area (Å²) in [7, 11) is 0. The normalized spacial score (nSPS) is 9.56. The molecule has 94 valence electrons. The Hall–Kier alpha value is -1.52. The highest BCUT2D eigenvalue weighted by Gasteiger charge is 2.12. The van der Waals surface area contributed by atoms with Crippen molar-refractivity contribution in [3.8, 4) is 6.07 Å². The van der Waals surface area contributed by atoms with Crippen molar-refractivity contribution in [2.75, 3.05) is 16.8 Å². The van der Waals surface area contributed by atoms with Crippen LogP contribution < -0.4 is 5.32 Å². The molecule has 18 heavy (non-hydrogen) atoms. The molecule has 1 aromatic rings. The topological polar surface area (TPSA) is 90.2 Å². The van der Waals surface area contributed by atoms with E-state index in [2.05, 4.69) is 21.2 Å². The minimum atomic E-state index is -1.11. The van der Waals surface area contributed by atoms with E-state index in [0.29, 0.717) is 4.47 Å². The van der Waals surface area contributed by atoms with Crippen molar-refractivity contribution < 1.29 is 14.7 Å². The van der Waals surface area contributed by atoms with Crippen LogP contribution in [-0.2, 0) is 4.79 Å². The molecule has 0 aromatic heterocycles. The summed E-state index contributed by atoms with van der Waals surface area (Å²) in [6.45, 7) is 0. The molecule has 0 spiro atoms. The molecule has 0 aliphatic rings. The largest absolute Gasteiger partial charge is 0.478 e. The van der Waals surface area contributed by atoms with E-state index in [0.717, 1.165) is 0 Å². The summed E-state index contributed by atoms with van der Waals surface area (Å²) in [4.78, 5) is 22.5. The van der Waals surface area contributed by atoms with Crippen LogP contribution in [0, 0.1) is 11.3 Å². The minimum absolute atomic E-state index is 0.0167. The van der Waals surface area contributed by atoms with Gasteiger partial charge in [-0.15, -0.1) is 11.8 Å². The lowest BCUT2D eigenvalue weighted by atomic mass is 10.2. The molecule has 1 rings (SSSR count). The second-order valence-corrected chi connectivity index (χ2v) is 5.10. The number of rotatable bonds is 5. The number of benzene rings is 1. The van der Waals surface area contributed by atoms with Crippen molar-refractivity contribution in [3.63, 3.8) is 0 Å². The first-order valence-corrected chi connectivity index (χ1v) is 6.76. The molecule has 0 fully saturated rings. The molecule has 0 saturated carbocycles. The first-order chi connectivity index (χ1) is 8.54. The zero-order valence-corrected chi connectivity index (χ0v) is 11.5.